The highest BCUT2D eigenvalue weighted by Gasteiger charge is 2.24. The van der Waals surface area contributed by atoms with E-state index >= 15 is 0 Å². The van der Waals surface area contributed by atoms with Gasteiger partial charge in [0.05, 0.1) is 18.3 Å². The summed E-state index contributed by atoms with van der Waals surface area (Å²) in [7, 11) is 1.74. The molecule has 1 N–H and O–H groups in total. The molecule has 0 radical (unpaired) electrons. The normalized spacial score (nSPS) is 15.3. The zero-order valence-corrected chi connectivity index (χ0v) is 14.6. The number of hydrogen-bond acceptors (Lipinski definition) is 4. The molecule has 0 saturated heterocycles. The van der Waals surface area contributed by atoms with Gasteiger partial charge in [-0.1, -0.05) is 41.0 Å². The average Bonchev–Trinajstić information content (AvgIpc) is 2.84. The smallest absolute Gasteiger partial charge is 0.110 e. The highest BCUT2D eigenvalue weighted by atomic mass is 32.1. The summed E-state index contributed by atoms with van der Waals surface area (Å²) in [5.41, 5.74) is 1.32. The topological polar surface area (TPSA) is 34.1 Å². The van der Waals surface area contributed by atoms with E-state index in [1.807, 2.05) is 0 Å². The molecule has 0 spiro atoms. The van der Waals surface area contributed by atoms with Crippen LogP contribution in [-0.2, 0) is 10.2 Å². The van der Waals surface area contributed by atoms with E-state index in [4.69, 9.17) is 9.72 Å². The number of aromatic nitrogens is 1. The fourth-order valence-electron chi connectivity index (χ4n) is 2.25. The molecule has 0 fully saturated rings. The fraction of sp³-hybridized carbons (Fsp3) is 0.812. The maximum absolute atomic E-state index is 5.15. The maximum atomic E-state index is 5.15. The van der Waals surface area contributed by atoms with Crippen molar-refractivity contribution in [1.29, 1.82) is 0 Å². The van der Waals surface area contributed by atoms with Crippen molar-refractivity contribution in [2.75, 3.05) is 20.3 Å². The van der Waals surface area contributed by atoms with Crippen molar-refractivity contribution in [2.45, 2.75) is 58.9 Å². The van der Waals surface area contributed by atoms with Crippen LogP contribution < -0.4 is 5.32 Å². The Labute approximate surface area is 128 Å². The molecule has 0 amide bonds. The van der Waals surface area contributed by atoms with Crippen LogP contribution in [0, 0.1) is 5.92 Å². The van der Waals surface area contributed by atoms with Gasteiger partial charge in [-0.2, -0.15) is 0 Å². The highest BCUT2D eigenvalue weighted by Crippen LogP contribution is 2.31. The second kappa shape index (κ2) is 8.11. The third kappa shape index (κ3) is 5.15. The largest absolute Gasteiger partial charge is 0.383 e. The molecule has 2 unspecified atom stereocenters. The second-order valence-electron chi connectivity index (χ2n) is 6.51. The van der Waals surface area contributed by atoms with E-state index in [1.54, 1.807) is 18.4 Å². The van der Waals surface area contributed by atoms with Gasteiger partial charge in [-0.3, -0.25) is 0 Å². The Balaban J connectivity index is 2.83. The molecule has 1 aromatic heterocycles. The minimum absolute atomic E-state index is 0.125. The highest BCUT2D eigenvalue weighted by molar-refractivity contribution is 7.09. The quantitative estimate of drug-likeness (QED) is 0.732. The Morgan fingerprint density at radius 3 is 2.60 bits per heavy atom. The van der Waals surface area contributed by atoms with Crippen molar-refractivity contribution >= 4 is 11.3 Å². The molecule has 1 aromatic rings. The summed E-state index contributed by atoms with van der Waals surface area (Å²) in [5.74, 6) is 0.593. The van der Waals surface area contributed by atoms with E-state index < -0.39 is 0 Å². The van der Waals surface area contributed by atoms with Crippen LogP contribution in [0.25, 0.3) is 0 Å². The van der Waals surface area contributed by atoms with Crippen molar-refractivity contribution < 1.29 is 4.74 Å². The number of methoxy groups -OCH3 is 1. The molecule has 1 heterocycles. The molecule has 4 heteroatoms. The van der Waals surface area contributed by atoms with E-state index in [-0.39, 0.29) is 5.41 Å². The number of rotatable bonds is 8. The van der Waals surface area contributed by atoms with Gasteiger partial charge in [0, 0.05) is 24.4 Å². The van der Waals surface area contributed by atoms with Gasteiger partial charge in [-0.05, 0) is 12.3 Å². The van der Waals surface area contributed by atoms with E-state index in [2.05, 4.69) is 45.3 Å². The Morgan fingerprint density at radius 2 is 2.10 bits per heavy atom. The van der Waals surface area contributed by atoms with Crippen molar-refractivity contribution in [3.8, 4) is 0 Å². The molecule has 0 aliphatic rings. The first-order valence-corrected chi connectivity index (χ1v) is 8.46. The molecule has 3 nitrogen and oxygen atoms in total. The molecule has 0 saturated carbocycles. The molecule has 0 aliphatic carbocycles. The molecule has 0 bridgehead atoms. The summed E-state index contributed by atoms with van der Waals surface area (Å²) in [6, 6.07) is 0.339. The Hall–Kier alpha value is -0.450. The zero-order valence-electron chi connectivity index (χ0n) is 13.8. The van der Waals surface area contributed by atoms with Gasteiger partial charge in [-0.15, -0.1) is 11.3 Å². The van der Waals surface area contributed by atoms with Gasteiger partial charge in [0.2, 0.25) is 0 Å². The predicted octanol–water partition coefficient (Wildman–Crippen LogP) is 4.15. The van der Waals surface area contributed by atoms with Gasteiger partial charge in [0.25, 0.3) is 0 Å². The molecule has 2 atom stereocenters. The van der Waals surface area contributed by atoms with Crippen molar-refractivity contribution in [1.82, 2.24) is 10.3 Å². The monoisotopic (exact) mass is 298 g/mol. The van der Waals surface area contributed by atoms with Crippen LogP contribution in [0.5, 0.6) is 0 Å². The van der Waals surface area contributed by atoms with Crippen molar-refractivity contribution in [3.05, 3.63) is 16.1 Å². The number of thiazole rings is 1. The fourth-order valence-corrected chi connectivity index (χ4v) is 3.50. The van der Waals surface area contributed by atoms with Crippen LogP contribution in [0.3, 0.4) is 0 Å². The SMILES string of the molecule is CCCC(C)C(NCCOC)c1nc(C(C)(C)C)cs1. The predicted molar refractivity (Wildman–Crippen MR) is 87.5 cm³/mol. The Bertz CT molecular complexity index is 384. The summed E-state index contributed by atoms with van der Waals surface area (Å²) in [4.78, 5) is 4.88. The Kier molecular flexibility index (Phi) is 7.13. The summed E-state index contributed by atoms with van der Waals surface area (Å²) >= 11 is 1.78. The third-order valence-electron chi connectivity index (χ3n) is 3.54. The summed E-state index contributed by atoms with van der Waals surface area (Å²) in [5, 5.41) is 7.03. The van der Waals surface area contributed by atoms with Crippen molar-refractivity contribution in [2.24, 2.45) is 5.92 Å². The van der Waals surface area contributed by atoms with Crippen LogP contribution in [-0.4, -0.2) is 25.2 Å². The Morgan fingerprint density at radius 1 is 1.40 bits per heavy atom. The second-order valence-corrected chi connectivity index (χ2v) is 7.40. The van der Waals surface area contributed by atoms with Crippen LogP contribution in [0.1, 0.15) is 64.2 Å². The van der Waals surface area contributed by atoms with E-state index in [0.29, 0.717) is 12.0 Å². The summed E-state index contributed by atoms with van der Waals surface area (Å²) in [6.07, 6.45) is 2.43. The minimum Gasteiger partial charge on any atom is -0.383 e. The average molecular weight is 298 g/mol. The summed E-state index contributed by atoms with van der Waals surface area (Å²) in [6.45, 7) is 12.8. The third-order valence-corrected chi connectivity index (χ3v) is 4.47. The van der Waals surface area contributed by atoms with Gasteiger partial charge >= 0.3 is 0 Å². The number of nitrogens with zero attached hydrogens (tertiary/aromatic N) is 1. The van der Waals surface area contributed by atoms with Crippen molar-refractivity contribution in [3.63, 3.8) is 0 Å². The van der Waals surface area contributed by atoms with Gasteiger partial charge in [-0.25, -0.2) is 4.98 Å². The lowest BCUT2D eigenvalue weighted by molar-refractivity contribution is 0.190. The van der Waals surface area contributed by atoms with E-state index in [1.165, 1.54) is 23.5 Å². The molecule has 116 valence electrons. The zero-order chi connectivity index (χ0) is 15.2. The van der Waals surface area contributed by atoms with Crippen LogP contribution in [0.4, 0.5) is 0 Å². The first-order chi connectivity index (χ1) is 9.40. The first kappa shape index (κ1) is 17.6. The van der Waals surface area contributed by atoms with E-state index in [9.17, 15) is 0 Å². The van der Waals surface area contributed by atoms with Gasteiger partial charge in [0.1, 0.15) is 5.01 Å². The lowest BCUT2D eigenvalue weighted by Gasteiger charge is -2.23. The lowest BCUT2D eigenvalue weighted by Crippen LogP contribution is -2.30. The lowest BCUT2D eigenvalue weighted by atomic mass is 9.93. The molecule has 1 rings (SSSR count). The van der Waals surface area contributed by atoms with Gasteiger partial charge in [0.15, 0.2) is 0 Å². The van der Waals surface area contributed by atoms with Gasteiger partial charge < -0.3 is 10.1 Å². The molecule has 20 heavy (non-hydrogen) atoms. The minimum atomic E-state index is 0.125. The number of nitrogens with one attached hydrogen (secondary N) is 1. The van der Waals surface area contributed by atoms with Crippen LogP contribution >= 0.6 is 11.3 Å². The first-order valence-electron chi connectivity index (χ1n) is 7.58. The number of hydrogen-bond donors (Lipinski definition) is 1. The molecular formula is C16H30N2OS. The van der Waals surface area contributed by atoms with Crippen LogP contribution in [0.15, 0.2) is 5.38 Å². The maximum Gasteiger partial charge on any atom is 0.110 e. The number of ether oxygens (including phenoxy) is 1. The summed E-state index contributed by atoms with van der Waals surface area (Å²) < 4.78 is 5.15. The molecule has 0 aromatic carbocycles. The molecular weight excluding hydrogens is 268 g/mol. The standard InChI is InChI=1S/C16H30N2OS/c1-7-8-12(2)14(17-9-10-19-6)15-18-13(11-20-15)16(3,4)5/h11-12,14,17H,7-10H2,1-6H3. The molecule has 0 aliphatic heterocycles. The van der Waals surface area contributed by atoms with E-state index in [0.717, 1.165) is 13.2 Å². The van der Waals surface area contributed by atoms with Crippen LogP contribution in [0.2, 0.25) is 0 Å².